The van der Waals surface area contributed by atoms with E-state index in [2.05, 4.69) is 19.2 Å². The Labute approximate surface area is 160 Å². The van der Waals surface area contributed by atoms with Crippen LogP contribution in [0.4, 0.5) is 4.79 Å². The van der Waals surface area contributed by atoms with Gasteiger partial charge in [-0.2, -0.15) is 0 Å². The van der Waals surface area contributed by atoms with E-state index in [4.69, 9.17) is 11.6 Å². The highest BCUT2D eigenvalue weighted by atomic mass is 35.5. The third-order valence-electron chi connectivity index (χ3n) is 5.29. The number of amides is 3. The largest absolute Gasteiger partial charge is 0.337 e. The fourth-order valence-corrected chi connectivity index (χ4v) is 3.56. The van der Waals surface area contributed by atoms with Crippen LogP contribution in [0.5, 0.6) is 0 Å². The quantitative estimate of drug-likeness (QED) is 0.853. The van der Waals surface area contributed by atoms with Crippen LogP contribution in [0, 0.1) is 11.8 Å². The third kappa shape index (κ3) is 4.91. The lowest BCUT2D eigenvalue weighted by Crippen LogP contribution is -2.49. The van der Waals surface area contributed by atoms with Crippen molar-refractivity contribution in [2.24, 2.45) is 11.8 Å². The SMILES string of the molecule is CC(C)C1CN(C(=O)NCc2ccc(Cl)cc2)CCC(=O)N1CC1CC1. The molecule has 142 valence electrons. The van der Waals surface area contributed by atoms with Crippen molar-refractivity contribution >= 4 is 23.5 Å². The van der Waals surface area contributed by atoms with Gasteiger partial charge in [-0.15, -0.1) is 0 Å². The fourth-order valence-electron chi connectivity index (χ4n) is 3.44. The van der Waals surface area contributed by atoms with Crippen LogP contribution < -0.4 is 5.32 Å². The van der Waals surface area contributed by atoms with Gasteiger partial charge in [0, 0.05) is 37.6 Å². The summed E-state index contributed by atoms with van der Waals surface area (Å²) in [6, 6.07) is 7.43. The van der Waals surface area contributed by atoms with Crippen LogP contribution in [0.15, 0.2) is 24.3 Å². The maximum absolute atomic E-state index is 12.7. The lowest BCUT2D eigenvalue weighted by Gasteiger charge is -2.34. The number of rotatable bonds is 5. The summed E-state index contributed by atoms with van der Waals surface area (Å²) in [4.78, 5) is 29.1. The molecule has 0 aromatic heterocycles. The second kappa shape index (κ2) is 8.30. The zero-order chi connectivity index (χ0) is 18.7. The smallest absolute Gasteiger partial charge is 0.317 e. The van der Waals surface area contributed by atoms with Gasteiger partial charge in [-0.25, -0.2) is 4.79 Å². The van der Waals surface area contributed by atoms with Gasteiger partial charge in [0.25, 0.3) is 0 Å². The van der Waals surface area contributed by atoms with Gasteiger partial charge in [0.2, 0.25) is 5.91 Å². The van der Waals surface area contributed by atoms with Crippen LogP contribution >= 0.6 is 11.6 Å². The normalized spacial score (nSPS) is 21.1. The van der Waals surface area contributed by atoms with E-state index in [1.165, 1.54) is 12.8 Å². The van der Waals surface area contributed by atoms with E-state index in [-0.39, 0.29) is 18.0 Å². The zero-order valence-electron chi connectivity index (χ0n) is 15.6. The van der Waals surface area contributed by atoms with Crippen molar-refractivity contribution < 1.29 is 9.59 Å². The van der Waals surface area contributed by atoms with Crippen LogP contribution in [-0.2, 0) is 11.3 Å². The zero-order valence-corrected chi connectivity index (χ0v) is 16.3. The molecule has 3 rings (SSSR count). The van der Waals surface area contributed by atoms with Crippen molar-refractivity contribution in [1.29, 1.82) is 0 Å². The molecule has 6 heteroatoms. The molecule has 1 saturated heterocycles. The molecule has 2 aliphatic rings. The Morgan fingerprint density at radius 3 is 2.58 bits per heavy atom. The fraction of sp³-hybridized carbons (Fsp3) is 0.600. The Morgan fingerprint density at radius 1 is 1.27 bits per heavy atom. The minimum atomic E-state index is -0.105. The highest BCUT2D eigenvalue weighted by Gasteiger charge is 2.36. The molecule has 0 spiro atoms. The Bertz CT molecular complexity index is 643. The molecular weight excluding hydrogens is 350 g/mol. The number of nitrogens with zero attached hydrogens (tertiary/aromatic N) is 2. The number of nitrogens with one attached hydrogen (secondary N) is 1. The molecule has 2 fully saturated rings. The maximum atomic E-state index is 12.7. The van der Waals surface area contributed by atoms with Crippen LogP contribution in [-0.4, -0.2) is 47.4 Å². The summed E-state index contributed by atoms with van der Waals surface area (Å²) in [7, 11) is 0. The van der Waals surface area contributed by atoms with Gasteiger partial charge in [0.05, 0.1) is 6.04 Å². The number of carbonyl (C=O) groups excluding carboxylic acids is 2. The second-order valence-corrected chi connectivity index (χ2v) is 8.22. The van der Waals surface area contributed by atoms with Gasteiger partial charge in [-0.3, -0.25) is 4.79 Å². The summed E-state index contributed by atoms with van der Waals surface area (Å²) in [5.74, 6) is 1.16. The molecule has 1 heterocycles. The number of carbonyl (C=O) groups is 2. The monoisotopic (exact) mass is 377 g/mol. The van der Waals surface area contributed by atoms with E-state index in [1.54, 1.807) is 4.90 Å². The van der Waals surface area contributed by atoms with Crippen LogP contribution in [0.1, 0.15) is 38.7 Å². The standard InChI is InChI=1S/C20H28ClN3O2/c1-14(2)18-13-23(10-9-19(25)24(18)12-16-3-4-16)20(26)22-11-15-5-7-17(21)8-6-15/h5-8,14,16,18H,3-4,9-13H2,1-2H3,(H,22,26). The summed E-state index contributed by atoms with van der Waals surface area (Å²) < 4.78 is 0. The molecule has 0 radical (unpaired) electrons. The topological polar surface area (TPSA) is 52.7 Å². The second-order valence-electron chi connectivity index (χ2n) is 7.78. The summed E-state index contributed by atoms with van der Waals surface area (Å²) in [6.45, 7) is 6.65. The average molecular weight is 378 g/mol. The average Bonchev–Trinajstić information content (AvgIpc) is 3.44. The Kier molecular flexibility index (Phi) is 6.07. The Balaban J connectivity index is 1.62. The summed E-state index contributed by atoms with van der Waals surface area (Å²) in [6.07, 6.45) is 2.85. The summed E-state index contributed by atoms with van der Waals surface area (Å²) >= 11 is 5.90. The molecule has 1 aromatic carbocycles. The maximum Gasteiger partial charge on any atom is 0.317 e. The van der Waals surface area contributed by atoms with E-state index in [0.29, 0.717) is 42.9 Å². The van der Waals surface area contributed by atoms with Crippen LogP contribution in [0.25, 0.3) is 0 Å². The molecule has 1 saturated carbocycles. The summed E-state index contributed by atoms with van der Waals surface area (Å²) in [5, 5.41) is 3.65. The number of urea groups is 1. The molecule has 1 N–H and O–H groups in total. The van der Waals surface area contributed by atoms with Crippen molar-refractivity contribution in [3.05, 3.63) is 34.9 Å². The van der Waals surface area contributed by atoms with Gasteiger partial charge in [0.1, 0.15) is 0 Å². The number of hydrogen-bond donors (Lipinski definition) is 1. The van der Waals surface area contributed by atoms with E-state index in [9.17, 15) is 9.59 Å². The first-order chi connectivity index (χ1) is 12.4. The number of halogens is 1. The molecule has 1 aliphatic heterocycles. The van der Waals surface area contributed by atoms with Crippen LogP contribution in [0.2, 0.25) is 5.02 Å². The van der Waals surface area contributed by atoms with E-state index in [0.717, 1.165) is 12.1 Å². The molecule has 1 atom stereocenters. The molecule has 1 aliphatic carbocycles. The minimum absolute atomic E-state index is 0.0897. The molecular formula is C20H28ClN3O2. The first-order valence-electron chi connectivity index (χ1n) is 9.50. The van der Waals surface area contributed by atoms with E-state index < -0.39 is 0 Å². The predicted octanol–water partition coefficient (Wildman–Crippen LogP) is 3.52. The highest BCUT2D eigenvalue weighted by molar-refractivity contribution is 6.30. The van der Waals surface area contributed by atoms with Gasteiger partial charge >= 0.3 is 6.03 Å². The lowest BCUT2D eigenvalue weighted by molar-refractivity contribution is -0.133. The van der Waals surface area contributed by atoms with E-state index >= 15 is 0 Å². The first kappa shape index (κ1) is 19.0. The minimum Gasteiger partial charge on any atom is -0.337 e. The van der Waals surface area contributed by atoms with Crippen molar-refractivity contribution in [3.8, 4) is 0 Å². The van der Waals surface area contributed by atoms with Crippen molar-refractivity contribution in [2.75, 3.05) is 19.6 Å². The Morgan fingerprint density at radius 2 is 1.96 bits per heavy atom. The van der Waals surface area contributed by atoms with Gasteiger partial charge in [-0.1, -0.05) is 37.6 Å². The molecule has 0 bridgehead atoms. The lowest BCUT2D eigenvalue weighted by atomic mass is 10.0. The number of benzene rings is 1. The van der Waals surface area contributed by atoms with Gasteiger partial charge in [-0.05, 0) is 42.4 Å². The first-order valence-corrected chi connectivity index (χ1v) is 9.88. The van der Waals surface area contributed by atoms with Crippen molar-refractivity contribution in [3.63, 3.8) is 0 Å². The Hall–Kier alpha value is -1.75. The molecule has 26 heavy (non-hydrogen) atoms. The molecule has 1 aromatic rings. The third-order valence-corrected chi connectivity index (χ3v) is 5.54. The van der Waals surface area contributed by atoms with E-state index in [1.807, 2.05) is 29.2 Å². The highest BCUT2D eigenvalue weighted by Crippen LogP contribution is 2.32. The number of hydrogen-bond acceptors (Lipinski definition) is 2. The predicted molar refractivity (Wildman–Crippen MR) is 103 cm³/mol. The molecule has 3 amide bonds. The summed E-state index contributed by atoms with van der Waals surface area (Å²) in [5.41, 5.74) is 1.00. The van der Waals surface area contributed by atoms with Gasteiger partial charge in [0.15, 0.2) is 0 Å². The molecule has 5 nitrogen and oxygen atoms in total. The van der Waals surface area contributed by atoms with Crippen LogP contribution in [0.3, 0.4) is 0 Å². The molecule has 1 unspecified atom stereocenters. The van der Waals surface area contributed by atoms with Gasteiger partial charge < -0.3 is 15.1 Å². The van der Waals surface area contributed by atoms with Crippen molar-refractivity contribution in [2.45, 2.75) is 45.7 Å². The van der Waals surface area contributed by atoms with Crippen molar-refractivity contribution in [1.82, 2.24) is 15.1 Å².